The second kappa shape index (κ2) is 13.4. The number of carbonyl (C=O) groups is 1. The van der Waals surface area contributed by atoms with Crippen LogP contribution in [0.3, 0.4) is 0 Å². The fourth-order valence-electron chi connectivity index (χ4n) is 4.33. The van der Waals surface area contributed by atoms with E-state index in [1.807, 2.05) is 59.0 Å². The topological polar surface area (TPSA) is 38.1 Å². The zero-order valence-electron chi connectivity index (χ0n) is 21.9. The maximum atomic E-state index is 13.4. The van der Waals surface area contributed by atoms with Gasteiger partial charge in [0.25, 0.3) is 5.91 Å². The summed E-state index contributed by atoms with van der Waals surface area (Å²) in [5, 5.41) is 4.94. The number of thiocarbonyl (C=S) groups is 1. The van der Waals surface area contributed by atoms with Gasteiger partial charge in [-0.1, -0.05) is 94.3 Å². The van der Waals surface area contributed by atoms with Gasteiger partial charge in [0, 0.05) is 28.8 Å². The van der Waals surface area contributed by atoms with E-state index in [9.17, 15) is 4.79 Å². The Morgan fingerprint density at radius 2 is 1.81 bits per heavy atom. The van der Waals surface area contributed by atoms with E-state index in [0.717, 1.165) is 47.5 Å². The van der Waals surface area contributed by atoms with Crippen LogP contribution in [0.4, 0.5) is 0 Å². The molecule has 1 unspecified atom stereocenters. The first-order chi connectivity index (χ1) is 18.0. The third-order valence-corrected chi connectivity index (χ3v) is 9.10. The van der Waals surface area contributed by atoms with Gasteiger partial charge in [-0.25, -0.2) is 4.68 Å². The molecule has 0 bridgehead atoms. The maximum Gasteiger partial charge on any atom is 0.266 e. The second-order valence-corrected chi connectivity index (χ2v) is 12.1. The van der Waals surface area contributed by atoms with Gasteiger partial charge in [-0.3, -0.25) is 9.69 Å². The Morgan fingerprint density at radius 1 is 1.05 bits per heavy atom. The third-order valence-electron chi connectivity index (χ3n) is 6.51. The van der Waals surface area contributed by atoms with Crippen molar-refractivity contribution in [2.24, 2.45) is 5.92 Å². The van der Waals surface area contributed by atoms with Crippen molar-refractivity contribution in [1.82, 2.24) is 14.7 Å². The van der Waals surface area contributed by atoms with Gasteiger partial charge >= 0.3 is 0 Å². The summed E-state index contributed by atoms with van der Waals surface area (Å²) in [5.41, 5.74) is 3.78. The first-order valence-corrected chi connectivity index (χ1v) is 15.4. The largest absolute Gasteiger partial charge is 0.293 e. The Hall–Kier alpha value is -2.35. The Morgan fingerprint density at radius 3 is 2.49 bits per heavy atom. The SMILES string of the molecule is CCCCC(CC)CN1C(=O)C(=Cc2cn(-c3ccccc3)nc2-c2ccc(SCCC)cc2)SC1=S. The summed E-state index contributed by atoms with van der Waals surface area (Å²) in [6.45, 7) is 7.30. The summed E-state index contributed by atoms with van der Waals surface area (Å²) in [6, 6.07) is 18.6. The van der Waals surface area contributed by atoms with Crippen molar-refractivity contribution in [3.63, 3.8) is 0 Å². The van der Waals surface area contributed by atoms with Gasteiger partial charge < -0.3 is 0 Å². The highest BCUT2D eigenvalue weighted by Gasteiger charge is 2.33. The van der Waals surface area contributed by atoms with Gasteiger partial charge in [0.15, 0.2) is 0 Å². The fraction of sp³-hybridized carbons (Fsp3) is 0.367. The molecular formula is C30H35N3OS3. The van der Waals surface area contributed by atoms with Crippen LogP contribution in [0.2, 0.25) is 0 Å². The maximum absolute atomic E-state index is 13.4. The van der Waals surface area contributed by atoms with E-state index in [2.05, 4.69) is 45.0 Å². The normalized spacial score (nSPS) is 15.6. The average Bonchev–Trinajstić information content (AvgIpc) is 3.46. The molecular weight excluding hydrogens is 515 g/mol. The van der Waals surface area contributed by atoms with E-state index in [1.54, 1.807) is 4.90 Å². The van der Waals surface area contributed by atoms with Crippen molar-refractivity contribution in [3.05, 3.63) is 71.3 Å². The van der Waals surface area contributed by atoms with E-state index < -0.39 is 0 Å². The van der Waals surface area contributed by atoms with Crippen LogP contribution in [0.15, 0.2) is 70.6 Å². The summed E-state index contributed by atoms with van der Waals surface area (Å²) in [4.78, 5) is 17.2. The van der Waals surface area contributed by atoms with Crippen molar-refractivity contribution < 1.29 is 4.79 Å². The summed E-state index contributed by atoms with van der Waals surface area (Å²) in [5.74, 6) is 1.59. The first-order valence-electron chi connectivity index (χ1n) is 13.2. The highest BCUT2D eigenvalue weighted by Crippen LogP contribution is 2.36. The lowest BCUT2D eigenvalue weighted by Crippen LogP contribution is -2.33. The molecule has 0 N–H and O–H groups in total. The average molecular weight is 550 g/mol. The molecule has 1 amide bonds. The number of benzene rings is 2. The van der Waals surface area contributed by atoms with Crippen LogP contribution < -0.4 is 0 Å². The molecule has 194 valence electrons. The zero-order chi connectivity index (χ0) is 26.2. The van der Waals surface area contributed by atoms with Crippen molar-refractivity contribution in [2.75, 3.05) is 12.3 Å². The number of aromatic nitrogens is 2. The lowest BCUT2D eigenvalue weighted by atomic mass is 9.99. The number of carbonyl (C=O) groups excluding carboxylic acids is 1. The summed E-state index contributed by atoms with van der Waals surface area (Å²) in [6.07, 6.45) is 9.65. The molecule has 1 aliphatic rings. The number of nitrogens with zero attached hydrogens (tertiary/aromatic N) is 3. The number of hydrogen-bond donors (Lipinski definition) is 0. The molecule has 1 fully saturated rings. The van der Waals surface area contributed by atoms with Crippen LogP contribution in [0, 0.1) is 5.92 Å². The van der Waals surface area contributed by atoms with Crippen molar-refractivity contribution in [2.45, 2.75) is 57.8 Å². The fourth-order valence-corrected chi connectivity index (χ4v) is 6.37. The number of amides is 1. The molecule has 1 saturated heterocycles. The molecule has 3 aromatic rings. The highest BCUT2D eigenvalue weighted by molar-refractivity contribution is 8.26. The highest BCUT2D eigenvalue weighted by atomic mass is 32.2. The lowest BCUT2D eigenvalue weighted by Gasteiger charge is -2.21. The monoisotopic (exact) mass is 549 g/mol. The van der Waals surface area contributed by atoms with Crippen LogP contribution in [0.1, 0.15) is 58.4 Å². The number of hydrogen-bond acceptors (Lipinski definition) is 5. The molecule has 1 atom stereocenters. The Bertz CT molecular complexity index is 1230. The third kappa shape index (κ3) is 6.95. The van der Waals surface area contributed by atoms with Gasteiger partial charge in [-0.05, 0) is 54.9 Å². The van der Waals surface area contributed by atoms with Crippen LogP contribution in [-0.2, 0) is 4.79 Å². The molecule has 1 aliphatic heterocycles. The quantitative estimate of drug-likeness (QED) is 0.129. The smallest absolute Gasteiger partial charge is 0.266 e. The standard InChI is InChI=1S/C30H35N3OS3/c1-4-7-11-22(6-3)20-32-29(34)27(37-30(32)35)19-24-21-33(25-12-9-8-10-13-25)31-28(24)23-14-16-26(17-15-23)36-18-5-2/h8-10,12-17,19,21-22H,4-7,11,18,20H2,1-3H3. The first kappa shape index (κ1) is 27.7. The van der Waals surface area contributed by atoms with Crippen LogP contribution in [0.5, 0.6) is 0 Å². The molecule has 2 heterocycles. The second-order valence-electron chi connectivity index (χ2n) is 9.29. The molecule has 0 saturated carbocycles. The minimum Gasteiger partial charge on any atom is -0.293 e. The van der Waals surface area contributed by atoms with Gasteiger partial charge in [0.05, 0.1) is 16.3 Å². The molecule has 2 aromatic carbocycles. The van der Waals surface area contributed by atoms with Crippen LogP contribution in [0.25, 0.3) is 23.0 Å². The van der Waals surface area contributed by atoms with E-state index in [1.165, 1.54) is 29.5 Å². The Kier molecular flexibility index (Phi) is 10.1. The zero-order valence-corrected chi connectivity index (χ0v) is 24.3. The van der Waals surface area contributed by atoms with Crippen LogP contribution in [-0.4, -0.2) is 37.2 Å². The predicted octanol–water partition coefficient (Wildman–Crippen LogP) is 8.46. The van der Waals surface area contributed by atoms with E-state index in [0.29, 0.717) is 21.7 Å². The molecule has 4 rings (SSSR count). The number of unbranched alkanes of at least 4 members (excludes halogenated alkanes) is 1. The van der Waals surface area contributed by atoms with Crippen molar-refractivity contribution in [3.8, 4) is 16.9 Å². The van der Waals surface area contributed by atoms with Crippen LogP contribution >= 0.6 is 35.7 Å². The number of rotatable bonds is 12. The Balaban J connectivity index is 1.65. The molecule has 37 heavy (non-hydrogen) atoms. The lowest BCUT2D eigenvalue weighted by molar-refractivity contribution is -0.122. The molecule has 1 aromatic heterocycles. The molecule has 0 spiro atoms. The summed E-state index contributed by atoms with van der Waals surface area (Å²) < 4.78 is 2.54. The van der Waals surface area contributed by atoms with Crippen molar-refractivity contribution in [1.29, 1.82) is 0 Å². The number of thioether (sulfide) groups is 2. The van der Waals surface area contributed by atoms with E-state index in [4.69, 9.17) is 17.3 Å². The van der Waals surface area contributed by atoms with Gasteiger partial charge in [0.2, 0.25) is 0 Å². The van der Waals surface area contributed by atoms with Gasteiger partial charge in [-0.15, -0.1) is 11.8 Å². The molecule has 0 radical (unpaired) electrons. The minimum atomic E-state index is 0.00896. The van der Waals surface area contributed by atoms with Gasteiger partial charge in [0.1, 0.15) is 4.32 Å². The summed E-state index contributed by atoms with van der Waals surface area (Å²) >= 11 is 8.92. The Labute approximate surface area is 234 Å². The van der Waals surface area contributed by atoms with Crippen molar-refractivity contribution >= 4 is 52.0 Å². The summed E-state index contributed by atoms with van der Waals surface area (Å²) in [7, 11) is 0. The molecule has 0 aliphatic carbocycles. The van der Waals surface area contributed by atoms with E-state index in [-0.39, 0.29) is 5.91 Å². The molecule has 4 nitrogen and oxygen atoms in total. The molecule has 7 heteroatoms. The minimum absolute atomic E-state index is 0.00896. The predicted molar refractivity (Wildman–Crippen MR) is 163 cm³/mol. The van der Waals surface area contributed by atoms with E-state index >= 15 is 0 Å². The van der Waals surface area contributed by atoms with Gasteiger partial charge in [-0.2, -0.15) is 5.10 Å². The number of para-hydroxylation sites is 1.